The Bertz CT molecular complexity index is 569. The molecule has 0 bridgehead atoms. The van der Waals surface area contributed by atoms with Crippen molar-refractivity contribution in [2.24, 2.45) is 5.73 Å². The number of phenols is 1. The van der Waals surface area contributed by atoms with Crippen LogP contribution in [0.1, 0.15) is 11.6 Å². The highest BCUT2D eigenvalue weighted by molar-refractivity contribution is 5.97. The van der Waals surface area contributed by atoms with Crippen molar-refractivity contribution in [2.75, 3.05) is 11.9 Å². The van der Waals surface area contributed by atoms with Gasteiger partial charge < -0.3 is 15.7 Å². The van der Waals surface area contributed by atoms with E-state index in [1.807, 2.05) is 30.3 Å². The molecule has 1 atom stereocenters. The Hall–Kier alpha value is -2.33. The van der Waals surface area contributed by atoms with Gasteiger partial charge in [-0.15, -0.1) is 0 Å². The summed E-state index contributed by atoms with van der Waals surface area (Å²) in [6, 6.07) is 15.0. The SMILES string of the molecule is CN(C(=O)[C@H](N)c1ccccc1)c1cccc(O)c1. The van der Waals surface area contributed by atoms with Crippen molar-refractivity contribution < 1.29 is 9.90 Å². The lowest BCUT2D eigenvalue weighted by atomic mass is 10.1. The molecule has 1 amide bonds. The van der Waals surface area contributed by atoms with E-state index in [9.17, 15) is 9.90 Å². The number of carbonyl (C=O) groups excluding carboxylic acids is 1. The largest absolute Gasteiger partial charge is 0.508 e. The zero-order chi connectivity index (χ0) is 13.8. The van der Waals surface area contributed by atoms with Crippen molar-refractivity contribution in [3.63, 3.8) is 0 Å². The first-order chi connectivity index (χ1) is 9.09. The molecule has 19 heavy (non-hydrogen) atoms. The van der Waals surface area contributed by atoms with Crippen LogP contribution in [0.2, 0.25) is 0 Å². The first-order valence-electron chi connectivity index (χ1n) is 5.96. The van der Waals surface area contributed by atoms with Crippen LogP contribution in [0.25, 0.3) is 0 Å². The van der Waals surface area contributed by atoms with Crippen LogP contribution in [0, 0.1) is 0 Å². The summed E-state index contributed by atoms with van der Waals surface area (Å²) in [5, 5.41) is 9.43. The standard InChI is InChI=1S/C15H16N2O2/c1-17(12-8-5-9-13(18)10-12)15(19)14(16)11-6-3-2-4-7-11/h2-10,14,18H,16H2,1H3/t14-/m1/s1. The average Bonchev–Trinajstić information content (AvgIpc) is 2.46. The fourth-order valence-electron chi connectivity index (χ4n) is 1.84. The maximum Gasteiger partial charge on any atom is 0.248 e. The highest BCUT2D eigenvalue weighted by atomic mass is 16.3. The highest BCUT2D eigenvalue weighted by Gasteiger charge is 2.20. The number of nitrogens with two attached hydrogens (primary N) is 1. The summed E-state index contributed by atoms with van der Waals surface area (Å²) in [6.45, 7) is 0. The van der Waals surface area contributed by atoms with Gasteiger partial charge in [0.15, 0.2) is 0 Å². The van der Waals surface area contributed by atoms with Crippen LogP contribution in [0.5, 0.6) is 5.75 Å². The third kappa shape index (κ3) is 2.92. The van der Waals surface area contributed by atoms with Crippen molar-refractivity contribution >= 4 is 11.6 Å². The molecule has 98 valence electrons. The summed E-state index contributed by atoms with van der Waals surface area (Å²) in [5.41, 5.74) is 7.33. The molecule has 2 aromatic rings. The van der Waals surface area contributed by atoms with Crippen molar-refractivity contribution in [3.8, 4) is 5.75 Å². The maximum absolute atomic E-state index is 12.3. The Morgan fingerprint density at radius 3 is 2.47 bits per heavy atom. The van der Waals surface area contributed by atoms with E-state index in [-0.39, 0.29) is 11.7 Å². The van der Waals surface area contributed by atoms with Crippen LogP contribution < -0.4 is 10.6 Å². The van der Waals surface area contributed by atoms with E-state index in [1.165, 1.54) is 11.0 Å². The van der Waals surface area contributed by atoms with Crippen LogP contribution in [-0.2, 0) is 4.79 Å². The van der Waals surface area contributed by atoms with Crippen molar-refractivity contribution in [1.82, 2.24) is 0 Å². The fraction of sp³-hybridized carbons (Fsp3) is 0.133. The minimum absolute atomic E-state index is 0.116. The molecular formula is C15H16N2O2. The quantitative estimate of drug-likeness (QED) is 0.883. The molecule has 0 aliphatic heterocycles. The second-order valence-corrected chi connectivity index (χ2v) is 4.31. The van der Waals surface area contributed by atoms with Gasteiger partial charge in [-0.1, -0.05) is 36.4 Å². The molecule has 4 nitrogen and oxygen atoms in total. The molecule has 0 fully saturated rings. The monoisotopic (exact) mass is 256 g/mol. The first kappa shape index (κ1) is 13.1. The average molecular weight is 256 g/mol. The van der Waals surface area contributed by atoms with E-state index in [2.05, 4.69) is 0 Å². The molecule has 0 saturated carbocycles. The molecule has 0 saturated heterocycles. The fourth-order valence-corrected chi connectivity index (χ4v) is 1.84. The molecule has 0 aliphatic rings. The van der Waals surface area contributed by atoms with Gasteiger partial charge in [-0.2, -0.15) is 0 Å². The third-order valence-corrected chi connectivity index (χ3v) is 2.97. The summed E-state index contributed by atoms with van der Waals surface area (Å²) >= 11 is 0. The van der Waals surface area contributed by atoms with Crippen LogP contribution in [0.4, 0.5) is 5.69 Å². The number of rotatable bonds is 3. The lowest BCUT2D eigenvalue weighted by molar-refractivity contribution is -0.119. The van der Waals surface area contributed by atoms with Crippen LogP contribution in [-0.4, -0.2) is 18.1 Å². The molecule has 0 radical (unpaired) electrons. The zero-order valence-corrected chi connectivity index (χ0v) is 10.7. The van der Waals surface area contributed by atoms with Gasteiger partial charge in [0.1, 0.15) is 11.8 Å². The number of amides is 1. The number of hydrogen-bond acceptors (Lipinski definition) is 3. The van der Waals surface area contributed by atoms with E-state index in [1.54, 1.807) is 25.2 Å². The highest BCUT2D eigenvalue weighted by Crippen LogP contribution is 2.21. The third-order valence-electron chi connectivity index (χ3n) is 2.97. The Morgan fingerprint density at radius 2 is 1.84 bits per heavy atom. The molecule has 4 heteroatoms. The van der Waals surface area contributed by atoms with E-state index >= 15 is 0 Å². The lowest BCUT2D eigenvalue weighted by Crippen LogP contribution is -2.35. The Labute approximate surface area is 112 Å². The normalized spacial score (nSPS) is 11.9. The number of hydrogen-bond donors (Lipinski definition) is 2. The van der Waals surface area contributed by atoms with Gasteiger partial charge in [0.25, 0.3) is 0 Å². The van der Waals surface area contributed by atoms with E-state index in [4.69, 9.17) is 5.73 Å². The predicted molar refractivity (Wildman–Crippen MR) is 74.9 cm³/mol. The van der Waals surface area contributed by atoms with Gasteiger partial charge in [0.05, 0.1) is 0 Å². The van der Waals surface area contributed by atoms with Gasteiger partial charge in [0.2, 0.25) is 5.91 Å². The minimum atomic E-state index is -0.714. The first-order valence-corrected chi connectivity index (χ1v) is 5.96. The minimum Gasteiger partial charge on any atom is -0.508 e. The van der Waals surface area contributed by atoms with Gasteiger partial charge in [0, 0.05) is 18.8 Å². The van der Waals surface area contributed by atoms with Gasteiger partial charge in [-0.05, 0) is 17.7 Å². The summed E-state index contributed by atoms with van der Waals surface area (Å²) in [6.07, 6.45) is 0. The molecule has 0 aromatic heterocycles. The number of phenolic OH excluding ortho intramolecular Hbond substituents is 1. The summed E-state index contributed by atoms with van der Waals surface area (Å²) in [5.74, 6) is -0.109. The number of anilines is 1. The Morgan fingerprint density at radius 1 is 1.16 bits per heavy atom. The van der Waals surface area contributed by atoms with Crippen molar-refractivity contribution in [3.05, 3.63) is 60.2 Å². The molecular weight excluding hydrogens is 240 g/mol. The number of likely N-dealkylation sites (N-methyl/N-ethyl adjacent to an activating group) is 1. The summed E-state index contributed by atoms with van der Waals surface area (Å²) in [4.78, 5) is 13.7. The van der Waals surface area contributed by atoms with E-state index in [0.29, 0.717) is 5.69 Å². The summed E-state index contributed by atoms with van der Waals surface area (Å²) < 4.78 is 0. The molecule has 0 spiro atoms. The van der Waals surface area contributed by atoms with Crippen molar-refractivity contribution in [2.45, 2.75) is 6.04 Å². The van der Waals surface area contributed by atoms with Gasteiger partial charge >= 0.3 is 0 Å². The topological polar surface area (TPSA) is 66.6 Å². The number of nitrogens with zero attached hydrogens (tertiary/aromatic N) is 1. The van der Waals surface area contributed by atoms with Gasteiger partial charge in [-0.3, -0.25) is 4.79 Å². The maximum atomic E-state index is 12.3. The number of benzene rings is 2. The van der Waals surface area contributed by atoms with Crippen LogP contribution >= 0.6 is 0 Å². The van der Waals surface area contributed by atoms with Crippen LogP contribution in [0.15, 0.2) is 54.6 Å². The smallest absolute Gasteiger partial charge is 0.248 e. The molecule has 0 aliphatic carbocycles. The number of aromatic hydroxyl groups is 1. The Kier molecular flexibility index (Phi) is 3.82. The molecule has 3 N–H and O–H groups in total. The van der Waals surface area contributed by atoms with E-state index < -0.39 is 6.04 Å². The zero-order valence-electron chi connectivity index (χ0n) is 10.7. The Balaban J connectivity index is 2.20. The second-order valence-electron chi connectivity index (χ2n) is 4.31. The van der Waals surface area contributed by atoms with E-state index in [0.717, 1.165) is 5.56 Å². The molecule has 0 heterocycles. The summed E-state index contributed by atoms with van der Waals surface area (Å²) in [7, 11) is 1.64. The van der Waals surface area contributed by atoms with Crippen LogP contribution in [0.3, 0.4) is 0 Å². The second kappa shape index (κ2) is 5.54. The van der Waals surface area contributed by atoms with Crippen molar-refractivity contribution in [1.29, 1.82) is 0 Å². The molecule has 2 aromatic carbocycles. The number of carbonyl (C=O) groups is 1. The predicted octanol–water partition coefficient (Wildman–Crippen LogP) is 2.05. The van der Waals surface area contributed by atoms with Gasteiger partial charge in [-0.25, -0.2) is 0 Å². The molecule has 2 rings (SSSR count). The molecule has 0 unspecified atom stereocenters. The lowest BCUT2D eigenvalue weighted by Gasteiger charge is -2.21.